The average molecular weight is 421 g/mol. The molecule has 7 nitrogen and oxygen atoms in total. The summed E-state index contributed by atoms with van der Waals surface area (Å²) in [6.45, 7) is 0.942. The summed E-state index contributed by atoms with van der Waals surface area (Å²) in [6.07, 6.45) is 1.24. The van der Waals surface area contributed by atoms with Crippen molar-refractivity contribution in [3.63, 3.8) is 0 Å². The van der Waals surface area contributed by atoms with Crippen LogP contribution in [-0.2, 0) is 16.1 Å². The summed E-state index contributed by atoms with van der Waals surface area (Å²) in [5, 5.41) is 6.02. The number of amides is 3. The van der Waals surface area contributed by atoms with E-state index in [9.17, 15) is 14.4 Å². The molecule has 1 saturated carbocycles. The number of nitrogens with zero attached hydrogens (tertiary/aromatic N) is 1. The van der Waals surface area contributed by atoms with Gasteiger partial charge in [-0.25, -0.2) is 0 Å². The molecule has 7 heteroatoms. The Hall–Kier alpha value is -3.35. The van der Waals surface area contributed by atoms with Crippen molar-refractivity contribution in [2.24, 2.45) is 11.8 Å². The number of carbonyl (C=O) groups excluding carboxylic acids is 3. The van der Waals surface area contributed by atoms with Crippen LogP contribution in [0.2, 0.25) is 0 Å². The van der Waals surface area contributed by atoms with E-state index < -0.39 is 0 Å². The highest BCUT2D eigenvalue weighted by Crippen LogP contribution is 2.34. The summed E-state index contributed by atoms with van der Waals surface area (Å²) < 4.78 is 5.22. The molecule has 0 spiro atoms. The van der Waals surface area contributed by atoms with E-state index in [4.69, 9.17) is 4.74 Å². The van der Waals surface area contributed by atoms with Gasteiger partial charge in [-0.05, 0) is 48.6 Å². The van der Waals surface area contributed by atoms with Crippen molar-refractivity contribution >= 4 is 17.7 Å². The lowest BCUT2D eigenvalue weighted by molar-refractivity contribution is -0.125. The van der Waals surface area contributed by atoms with Crippen LogP contribution in [0.15, 0.2) is 54.6 Å². The Bertz CT molecular complexity index is 962. The minimum absolute atomic E-state index is 0.0221. The fourth-order valence-electron chi connectivity index (χ4n) is 4.52. The minimum Gasteiger partial charge on any atom is -0.497 e. The SMILES string of the molecule is COc1cccc(CNC(=O)C2CC3CN(C(=O)c4ccccc4)CC(=O)NC3C2)c1. The second-order valence-electron chi connectivity index (χ2n) is 8.22. The summed E-state index contributed by atoms with van der Waals surface area (Å²) in [7, 11) is 1.61. The van der Waals surface area contributed by atoms with Crippen molar-refractivity contribution < 1.29 is 19.1 Å². The lowest BCUT2D eigenvalue weighted by atomic mass is 10.0. The Kier molecular flexibility index (Phi) is 6.21. The number of rotatable bonds is 5. The van der Waals surface area contributed by atoms with Crippen LogP contribution in [0.5, 0.6) is 5.75 Å². The Morgan fingerprint density at radius 3 is 2.71 bits per heavy atom. The first kappa shape index (κ1) is 20.9. The summed E-state index contributed by atoms with van der Waals surface area (Å²) in [5.41, 5.74) is 1.53. The van der Waals surface area contributed by atoms with Gasteiger partial charge >= 0.3 is 0 Å². The smallest absolute Gasteiger partial charge is 0.254 e. The topological polar surface area (TPSA) is 87.7 Å². The lowest BCUT2D eigenvalue weighted by Gasteiger charge is -2.23. The summed E-state index contributed by atoms with van der Waals surface area (Å²) in [4.78, 5) is 39.7. The van der Waals surface area contributed by atoms with Crippen LogP contribution in [0.1, 0.15) is 28.8 Å². The predicted octanol–water partition coefficient (Wildman–Crippen LogP) is 1.98. The van der Waals surface area contributed by atoms with E-state index in [-0.39, 0.29) is 42.1 Å². The Morgan fingerprint density at radius 1 is 1.13 bits per heavy atom. The van der Waals surface area contributed by atoms with Crippen LogP contribution in [-0.4, -0.2) is 48.9 Å². The molecule has 1 aliphatic heterocycles. The van der Waals surface area contributed by atoms with Crippen molar-refractivity contribution in [2.45, 2.75) is 25.4 Å². The highest BCUT2D eigenvalue weighted by atomic mass is 16.5. The zero-order valence-electron chi connectivity index (χ0n) is 17.5. The number of fused-ring (bicyclic) bond motifs is 1. The molecule has 4 rings (SSSR count). The third kappa shape index (κ3) is 4.87. The molecule has 1 saturated heterocycles. The second kappa shape index (κ2) is 9.20. The van der Waals surface area contributed by atoms with Crippen molar-refractivity contribution in [1.29, 1.82) is 0 Å². The largest absolute Gasteiger partial charge is 0.497 e. The summed E-state index contributed by atoms with van der Waals surface area (Å²) in [6, 6.07) is 16.5. The molecule has 2 aromatic rings. The summed E-state index contributed by atoms with van der Waals surface area (Å²) in [5.74, 6) is 0.280. The normalized spacial score (nSPS) is 22.8. The number of carbonyl (C=O) groups is 3. The van der Waals surface area contributed by atoms with E-state index in [1.54, 1.807) is 24.1 Å². The van der Waals surface area contributed by atoms with Gasteiger partial charge in [-0.15, -0.1) is 0 Å². The maximum Gasteiger partial charge on any atom is 0.254 e. The number of benzene rings is 2. The average Bonchev–Trinajstić information content (AvgIpc) is 3.12. The molecule has 3 atom stereocenters. The van der Waals surface area contributed by atoms with E-state index in [0.717, 1.165) is 11.3 Å². The molecule has 0 bridgehead atoms. The highest BCUT2D eigenvalue weighted by molar-refractivity contribution is 5.96. The van der Waals surface area contributed by atoms with Crippen LogP contribution in [0.3, 0.4) is 0 Å². The number of methoxy groups -OCH3 is 1. The van der Waals surface area contributed by atoms with Gasteiger partial charge in [0.25, 0.3) is 5.91 Å². The molecule has 3 unspecified atom stereocenters. The first-order chi connectivity index (χ1) is 15.0. The van der Waals surface area contributed by atoms with E-state index in [1.165, 1.54) is 0 Å². The maximum atomic E-state index is 12.9. The first-order valence-electron chi connectivity index (χ1n) is 10.6. The zero-order chi connectivity index (χ0) is 21.8. The van der Waals surface area contributed by atoms with Crippen LogP contribution in [0, 0.1) is 11.8 Å². The molecule has 31 heavy (non-hydrogen) atoms. The molecule has 1 heterocycles. The van der Waals surface area contributed by atoms with Gasteiger partial charge in [0.15, 0.2) is 0 Å². The lowest BCUT2D eigenvalue weighted by Crippen LogP contribution is -2.39. The van der Waals surface area contributed by atoms with Gasteiger partial charge in [0, 0.05) is 30.6 Å². The molecule has 162 valence electrons. The quantitative estimate of drug-likeness (QED) is 0.773. The van der Waals surface area contributed by atoms with Gasteiger partial charge in [0.2, 0.25) is 11.8 Å². The molecule has 2 fully saturated rings. The van der Waals surface area contributed by atoms with Gasteiger partial charge < -0.3 is 20.3 Å². The monoisotopic (exact) mass is 421 g/mol. The zero-order valence-corrected chi connectivity index (χ0v) is 17.5. The van der Waals surface area contributed by atoms with Crippen LogP contribution in [0.4, 0.5) is 0 Å². The number of hydrogen-bond donors (Lipinski definition) is 2. The van der Waals surface area contributed by atoms with E-state index in [2.05, 4.69) is 10.6 Å². The second-order valence-corrected chi connectivity index (χ2v) is 8.22. The van der Waals surface area contributed by atoms with E-state index in [1.807, 2.05) is 42.5 Å². The third-order valence-electron chi connectivity index (χ3n) is 6.11. The predicted molar refractivity (Wildman–Crippen MR) is 115 cm³/mol. The third-order valence-corrected chi connectivity index (χ3v) is 6.11. The van der Waals surface area contributed by atoms with Crippen molar-refractivity contribution in [3.05, 3.63) is 65.7 Å². The molecule has 1 aliphatic carbocycles. The Labute approximate surface area is 181 Å². The fraction of sp³-hybridized carbons (Fsp3) is 0.375. The van der Waals surface area contributed by atoms with Crippen LogP contribution in [0.25, 0.3) is 0 Å². The minimum atomic E-state index is -0.187. The molecule has 2 aromatic carbocycles. The number of hydrogen-bond acceptors (Lipinski definition) is 4. The van der Waals surface area contributed by atoms with Crippen molar-refractivity contribution in [1.82, 2.24) is 15.5 Å². The molecular weight excluding hydrogens is 394 g/mol. The standard InChI is InChI=1S/C24H27N3O4/c1-31-20-9-5-6-16(10-20)13-25-23(29)18-11-19-14-27(15-22(28)26-21(19)12-18)24(30)17-7-3-2-4-8-17/h2-10,18-19,21H,11-15H2,1H3,(H,25,29)(H,26,28). The molecule has 2 N–H and O–H groups in total. The van der Waals surface area contributed by atoms with Gasteiger partial charge in [0.05, 0.1) is 13.7 Å². The summed E-state index contributed by atoms with van der Waals surface area (Å²) >= 11 is 0. The molecular formula is C24H27N3O4. The first-order valence-corrected chi connectivity index (χ1v) is 10.6. The Morgan fingerprint density at radius 2 is 1.94 bits per heavy atom. The maximum absolute atomic E-state index is 12.9. The van der Waals surface area contributed by atoms with Crippen molar-refractivity contribution in [3.8, 4) is 5.75 Å². The molecule has 0 aromatic heterocycles. The number of ether oxygens (including phenoxy) is 1. The van der Waals surface area contributed by atoms with Gasteiger partial charge in [-0.3, -0.25) is 14.4 Å². The Balaban J connectivity index is 1.38. The van der Waals surface area contributed by atoms with Gasteiger partial charge in [-0.2, -0.15) is 0 Å². The molecule has 2 aliphatic rings. The number of nitrogens with one attached hydrogen (secondary N) is 2. The van der Waals surface area contributed by atoms with Crippen LogP contribution < -0.4 is 15.4 Å². The fourth-order valence-corrected chi connectivity index (χ4v) is 4.52. The molecule has 0 radical (unpaired) electrons. The van der Waals surface area contributed by atoms with Gasteiger partial charge in [0.1, 0.15) is 5.75 Å². The van der Waals surface area contributed by atoms with Gasteiger partial charge in [-0.1, -0.05) is 30.3 Å². The van der Waals surface area contributed by atoms with E-state index >= 15 is 0 Å². The highest BCUT2D eigenvalue weighted by Gasteiger charge is 2.42. The van der Waals surface area contributed by atoms with Crippen LogP contribution >= 0.6 is 0 Å². The van der Waals surface area contributed by atoms with Crippen molar-refractivity contribution in [2.75, 3.05) is 20.2 Å². The molecule has 3 amide bonds. The van der Waals surface area contributed by atoms with E-state index in [0.29, 0.717) is 31.5 Å².